The fourth-order valence-corrected chi connectivity index (χ4v) is 2.04. The number of carbonyl (C=O) groups excluding carboxylic acids is 1. The summed E-state index contributed by atoms with van der Waals surface area (Å²) in [6, 6.07) is 11.5. The lowest BCUT2D eigenvalue weighted by atomic mass is 10.0. The van der Waals surface area contributed by atoms with E-state index in [1.54, 1.807) is 6.07 Å². The number of cyclic esters (lactones) is 1. The first kappa shape index (κ1) is 10.1. The first-order valence-electron chi connectivity index (χ1n) is 5.69. The van der Waals surface area contributed by atoms with Gasteiger partial charge >= 0.3 is 5.97 Å². The summed E-state index contributed by atoms with van der Waals surface area (Å²) in [7, 11) is 0. The second-order valence-electron chi connectivity index (χ2n) is 4.02. The topological polar surface area (TPSA) is 35.5 Å². The number of benzene rings is 2. The van der Waals surface area contributed by atoms with Crippen LogP contribution in [0.15, 0.2) is 36.4 Å². The highest BCUT2D eigenvalue weighted by molar-refractivity contribution is 6.02. The van der Waals surface area contributed by atoms with E-state index < -0.39 is 6.29 Å². The van der Waals surface area contributed by atoms with Crippen LogP contribution in [0.25, 0.3) is 10.8 Å². The molecule has 1 atom stereocenters. The Bertz CT molecular complexity index is 589. The Hall–Kier alpha value is -2.03. The van der Waals surface area contributed by atoms with Gasteiger partial charge in [-0.05, 0) is 11.5 Å². The smallest absolute Gasteiger partial charge is 0.345 e. The van der Waals surface area contributed by atoms with Gasteiger partial charge < -0.3 is 9.47 Å². The van der Waals surface area contributed by atoms with Crippen LogP contribution in [-0.4, -0.2) is 12.3 Å². The van der Waals surface area contributed by atoms with Crippen molar-refractivity contribution in [3.63, 3.8) is 0 Å². The molecule has 86 valence electrons. The van der Waals surface area contributed by atoms with Crippen LogP contribution in [0, 0.1) is 0 Å². The summed E-state index contributed by atoms with van der Waals surface area (Å²) in [5, 5.41) is 2.02. The molecule has 0 saturated carbocycles. The second-order valence-corrected chi connectivity index (χ2v) is 4.02. The van der Waals surface area contributed by atoms with Gasteiger partial charge in [-0.15, -0.1) is 0 Å². The molecule has 0 spiro atoms. The zero-order chi connectivity index (χ0) is 11.8. The number of carbonyl (C=O) groups is 1. The second kappa shape index (κ2) is 3.77. The SMILES string of the molecule is CCC1OC(=O)c2ccc3ccccc3c2O1. The van der Waals surface area contributed by atoms with Gasteiger partial charge in [0.05, 0.1) is 0 Å². The van der Waals surface area contributed by atoms with Crippen LogP contribution in [0.4, 0.5) is 0 Å². The summed E-state index contributed by atoms with van der Waals surface area (Å²) in [5.74, 6) is 0.343. The van der Waals surface area contributed by atoms with Crippen molar-refractivity contribution < 1.29 is 14.3 Å². The molecule has 0 radical (unpaired) electrons. The van der Waals surface area contributed by atoms with Crippen LogP contribution in [0.5, 0.6) is 5.75 Å². The van der Waals surface area contributed by atoms with Gasteiger partial charge in [0, 0.05) is 11.8 Å². The van der Waals surface area contributed by atoms with Crippen molar-refractivity contribution in [2.45, 2.75) is 19.6 Å². The molecule has 3 nitrogen and oxygen atoms in total. The van der Waals surface area contributed by atoms with Gasteiger partial charge in [-0.25, -0.2) is 4.79 Å². The molecule has 0 saturated heterocycles. The van der Waals surface area contributed by atoms with Crippen molar-refractivity contribution in [3.05, 3.63) is 42.0 Å². The molecule has 0 aromatic heterocycles. The van der Waals surface area contributed by atoms with Gasteiger partial charge in [-0.1, -0.05) is 37.3 Å². The molecule has 1 heterocycles. The van der Waals surface area contributed by atoms with Crippen LogP contribution in [0.2, 0.25) is 0 Å². The van der Waals surface area contributed by atoms with E-state index in [9.17, 15) is 4.79 Å². The molecule has 2 aromatic rings. The highest BCUT2D eigenvalue weighted by atomic mass is 16.7. The molecule has 2 aromatic carbocycles. The van der Waals surface area contributed by atoms with Crippen molar-refractivity contribution in [2.24, 2.45) is 0 Å². The maximum atomic E-state index is 11.8. The number of ether oxygens (including phenoxy) is 2. The molecule has 1 aliphatic heterocycles. The van der Waals surface area contributed by atoms with Crippen molar-refractivity contribution in [1.82, 2.24) is 0 Å². The largest absolute Gasteiger partial charge is 0.453 e. The van der Waals surface area contributed by atoms with E-state index in [-0.39, 0.29) is 5.97 Å². The minimum absolute atomic E-state index is 0.302. The van der Waals surface area contributed by atoms with Gasteiger partial charge in [0.25, 0.3) is 0 Å². The van der Waals surface area contributed by atoms with Gasteiger partial charge in [0.15, 0.2) is 0 Å². The fourth-order valence-electron chi connectivity index (χ4n) is 2.04. The minimum Gasteiger partial charge on any atom is -0.453 e. The summed E-state index contributed by atoms with van der Waals surface area (Å²) >= 11 is 0. The van der Waals surface area contributed by atoms with E-state index in [2.05, 4.69) is 0 Å². The lowest BCUT2D eigenvalue weighted by Gasteiger charge is -2.25. The first-order valence-corrected chi connectivity index (χ1v) is 5.69. The molecule has 0 aliphatic carbocycles. The van der Waals surface area contributed by atoms with E-state index in [1.165, 1.54) is 0 Å². The van der Waals surface area contributed by atoms with Crippen LogP contribution in [-0.2, 0) is 4.74 Å². The molecule has 1 unspecified atom stereocenters. The van der Waals surface area contributed by atoms with E-state index >= 15 is 0 Å². The van der Waals surface area contributed by atoms with Crippen LogP contribution in [0.3, 0.4) is 0 Å². The summed E-state index contributed by atoms with van der Waals surface area (Å²) in [6.07, 6.45) is 0.176. The van der Waals surface area contributed by atoms with E-state index in [4.69, 9.17) is 9.47 Å². The minimum atomic E-state index is -0.471. The number of rotatable bonds is 1. The van der Waals surface area contributed by atoms with Crippen molar-refractivity contribution in [3.8, 4) is 5.75 Å². The Morgan fingerprint density at radius 1 is 1.12 bits per heavy atom. The van der Waals surface area contributed by atoms with E-state index in [0.717, 1.165) is 10.8 Å². The fraction of sp³-hybridized carbons (Fsp3) is 0.214. The van der Waals surface area contributed by atoms with Gasteiger partial charge in [-0.3, -0.25) is 0 Å². The number of hydrogen-bond donors (Lipinski definition) is 0. The van der Waals surface area contributed by atoms with Crippen molar-refractivity contribution in [1.29, 1.82) is 0 Å². The first-order chi connectivity index (χ1) is 8.29. The summed E-state index contributed by atoms with van der Waals surface area (Å²) in [4.78, 5) is 11.8. The standard InChI is InChI=1S/C14H12O3/c1-2-12-16-13-10-6-4-3-5-9(10)7-8-11(13)14(15)17-12/h3-8,12H,2H2,1H3. The molecule has 1 aliphatic rings. The number of esters is 1. The van der Waals surface area contributed by atoms with Crippen LogP contribution < -0.4 is 4.74 Å². The van der Waals surface area contributed by atoms with Crippen LogP contribution in [0.1, 0.15) is 23.7 Å². The summed E-state index contributed by atoms with van der Waals surface area (Å²) in [6.45, 7) is 1.92. The molecule has 17 heavy (non-hydrogen) atoms. The van der Waals surface area contributed by atoms with Crippen LogP contribution >= 0.6 is 0 Å². The predicted molar refractivity (Wildman–Crippen MR) is 64.1 cm³/mol. The molecule has 0 amide bonds. The Morgan fingerprint density at radius 2 is 1.94 bits per heavy atom. The molecule has 3 rings (SSSR count). The van der Waals surface area contributed by atoms with E-state index in [0.29, 0.717) is 17.7 Å². The zero-order valence-electron chi connectivity index (χ0n) is 9.47. The molecule has 0 bridgehead atoms. The zero-order valence-corrected chi connectivity index (χ0v) is 9.47. The maximum absolute atomic E-state index is 11.8. The average molecular weight is 228 g/mol. The lowest BCUT2D eigenvalue weighted by molar-refractivity contribution is -0.0603. The normalized spacial score (nSPS) is 18.4. The number of fused-ring (bicyclic) bond motifs is 3. The lowest BCUT2D eigenvalue weighted by Crippen LogP contribution is -2.29. The number of hydrogen-bond acceptors (Lipinski definition) is 3. The molecule has 0 N–H and O–H groups in total. The molecule has 0 fully saturated rings. The third-order valence-electron chi connectivity index (χ3n) is 2.92. The molecular weight excluding hydrogens is 216 g/mol. The highest BCUT2D eigenvalue weighted by Gasteiger charge is 2.27. The average Bonchev–Trinajstić information content (AvgIpc) is 2.38. The van der Waals surface area contributed by atoms with Gasteiger partial charge in [0.2, 0.25) is 6.29 Å². The van der Waals surface area contributed by atoms with Crippen molar-refractivity contribution in [2.75, 3.05) is 0 Å². The highest BCUT2D eigenvalue weighted by Crippen LogP contribution is 2.34. The summed E-state index contributed by atoms with van der Waals surface area (Å²) < 4.78 is 10.9. The third kappa shape index (κ3) is 1.55. The predicted octanol–water partition coefficient (Wildman–Crippen LogP) is 3.13. The molecular formula is C14H12O3. The third-order valence-corrected chi connectivity index (χ3v) is 2.92. The van der Waals surface area contributed by atoms with Gasteiger partial charge in [0.1, 0.15) is 11.3 Å². The maximum Gasteiger partial charge on any atom is 0.345 e. The Balaban J connectivity index is 2.24. The Labute approximate surface area is 99.0 Å². The van der Waals surface area contributed by atoms with Crippen molar-refractivity contribution >= 4 is 16.7 Å². The monoisotopic (exact) mass is 228 g/mol. The summed E-state index contributed by atoms with van der Waals surface area (Å²) in [5.41, 5.74) is 0.508. The molecule has 3 heteroatoms. The Kier molecular flexibility index (Phi) is 2.25. The quantitative estimate of drug-likeness (QED) is 0.703. The Morgan fingerprint density at radius 3 is 2.76 bits per heavy atom. The van der Waals surface area contributed by atoms with Gasteiger partial charge in [-0.2, -0.15) is 0 Å². The van der Waals surface area contributed by atoms with E-state index in [1.807, 2.05) is 37.3 Å².